The average molecular weight is 411 g/mol. The minimum absolute atomic E-state index is 0.0698. The summed E-state index contributed by atoms with van der Waals surface area (Å²) in [5.74, 6) is -0.867. The molecule has 0 spiro atoms. The number of aliphatic imine (C=N–C) groups is 1. The Labute approximate surface area is 166 Å². The van der Waals surface area contributed by atoms with Crippen LogP contribution in [0.5, 0.6) is 0 Å². The summed E-state index contributed by atoms with van der Waals surface area (Å²) in [6, 6.07) is 16.7. The highest BCUT2D eigenvalue weighted by Gasteiger charge is 2.27. The molecule has 3 aromatic rings. The molecule has 0 radical (unpaired) electrons. The number of nitrogens with zero attached hydrogens (tertiary/aromatic N) is 3. The van der Waals surface area contributed by atoms with Gasteiger partial charge in [0.15, 0.2) is 9.84 Å². The fourth-order valence-corrected chi connectivity index (χ4v) is 3.46. The number of rotatable bonds is 5. The van der Waals surface area contributed by atoms with Crippen LogP contribution in [0.15, 0.2) is 64.0 Å². The molecule has 4 rings (SSSR count). The van der Waals surface area contributed by atoms with Crippen molar-refractivity contribution in [2.75, 3.05) is 16.9 Å². The molecule has 10 heteroatoms. The second kappa shape index (κ2) is 7.47. The van der Waals surface area contributed by atoms with E-state index in [2.05, 4.69) is 25.8 Å². The fraction of sp³-hybridized carbons (Fsp3) is 0.158. The number of nitrogens with one attached hydrogen (secondary N) is 2. The topological polar surface area (TPSA) is 127 Å². The number of para-hydroxylation sites is 1. The van der Waals surface area contributed by atoms with Gasteiger partial charge in [-0.25, -0.2) is 13.4 Å². The number of amides is 1. The van der Waals surface area contributed by atoms with Crippen LogP contribution in [0.3, 0.4) is 0 Å². The Hall–Kier alpha value is -3.53. The van der Waals surface area contributed by atoms with Crippen molar-refractivity contribution in [3.05, 3.63) is 71.6 Å². The van der Waals surface area contributed by atoms with Crippen molar-refractivity contribution in [1.29, 1.82) is 0 Å². The Morgan fingerprint density at radius 1 is 1.07 bits per heavy atom. The number of hydrogen-bond acceptors (Lipinski definition) is 8. The monoisotopic (exact) mass is 411 g/mol. The number of anilines is 2. The van der Waals surface area contributed by atoms with Gasteiger partial charge in [-0.2, -0.15) is 0 Å². The van der Waals surface area contributed by atoms with Gasteiger partial charge < -0.3 is 15.1 Å². The summed E-state index contributed by atoms with van der Waals surface area (Å²) >= 11 is 0. The Morgan fingerprint density at radius 2 is 1.79 bits per heavy atom. The molecular weight excluding hydrogens is 394 g/mol. The number of aromatic nitrogens is 2. The Kier molecular flexibility index (Phi) is 4.85. The van der Waals surface area contributed by atoms with Gasteiger partial charge in [0.1, 0.15) is 5.75 Å². The van der Waals surface area contributed by atoms with Crippen LogP contribution in [0.25, 0.3) is 0 Å². The molecule has 1 aliphatic heterocycles. The highest BCUT2D eigenvalue weighted by Crippen LogP contribution is 2.24. The number of fused-ring (bicyclic) bond motifs is 1. The van der Waals surface area contributed by atoms with Gasteiger partial charge in [-0.3, -0.25) is 4.79 Å². The van der Waals surface area contributed by atoms with Crippen LogP contribution in [0, 0.1) is 0 Å². The highest BCUT2D eigenvalue weighted by molar-refractivity contribution is 7.89. The second-order valence-corrected chi connectivity index (χ2v) is 8.64. The number of hydrogen-bond donors (Lipinski definition) is 2. The number of benzodiazepines with no additional fused rings is 1. The van der Waals surface area contributed by atoms with Gasteiger partial charge in [0.05, 0.1) is 11.4 Å². The average Bonchev–Trinajstić information content (AvgIpc) is 3.05. The van der Waals surface area contributed by atoms with E-state index < -0.39 is 21.9 Å². The van der Waals surface area contributed by atoms with Gasteiger partial charge in [0.2, 0.25) is 12.1 Å². The van der Waals surface area contributed by atoms with Crippen molar-refractivity contribution in [3.63, 3.8) is 0 Å². The van der Waals surface area contributed by atoms with Crippen molar-refractivity contribution >= 4 is 33.2 Å². The van der Waals surface area contributed by atoms with E-state index >= 15 is 0 Å². The molecule has 29 heavy (non-hydrogen) atoms. The van der Waals surface area contributed by atoms with Crippen molar-refractivity contribution in [2.24, 2.45) is 4.99 Å². The summed E-state index contributed by atoms with van der Waals surface area (Å²) in [4.78, 5) is 17.3. The zero-order valence-corrected chi connectivity index (χ0v) is 16.2. The molecular formula is C19H17N5O4S. The van der Waals surface area contributed by atoms with Gasteiger partial charge in [0.25, 0.3) is 5.91 Å². The summed E-state index contributed by atoms with van der Waals surface area (Å²) in [6.07, 6.45) is 0.0145. The van der Waals surface area contributed by atoms with Crippen molar-refractivity contribution in [1.82, 2.24) is 10.2 Å². The maximum absolute atomic E-state index is 12.7. The van der Waals surface area contributed by atoms with Gasteiger partial charge in [-0.1, -0.05) is 53.6 Å². The van der Waals surface area contributed by atoms with Crippen LogP contribution < -0.4 is 10.6 Å². The maximum atomic E-state index is 12.7. The lowest BCUT2D eigenvalue weighted by Gasteiger charge is -2.11. The van der Waals surface area contributed by atoms with Gasteiger partial charge in [-0.15, -0.1) is 5.10 Å². The number of carbonyl (C=O) groups is 1. The highest BCUT2D eigenvalue weighted by atomic mass is 32.2. The zero-order chi connectivity index (χ0) is 20.4. The normalized spacial score (nSPS) is 16.4. The van der Waals surface area contributed by atoms with Crippen LogP contribution in [-0.2, 0) is 20.4 Å². The van der Waals surface area contributed by atoms with Crippen LogP contribution in [0.1, 0.15) is 17.0 Å². The molecule has 0 saturated heterocycles. The summed E-state index contributed by atoms with van der Waals surface area (Å²) in [5, 5.41) is 13.1. The maximum Gasteiger partial charge on any atom is 0.317 e. The molecule has 2 aromatic carbocycles. The predicted molar refractivity (Wildman–Crippen MR) is 107 cm³/mol. The van der Waals surface area contributed by atoms with E-state index in [0.717, 1.165) is 17.4 Å². The zero-order valence-electron chi connectivity index (χ0n) is 15.4. The Morgan fingerprint density at radius 3 is 2.55 bits per heavy atom. The number of carbonyl (C=O) groups excluding carboxylic acids is 1. The minimum atomic E-state index is -3.33. The van der Waals surface area contributed by atoms with E-state index in [-0.39, 0.29) is 17.7 Å². The molecule has 9 nitrogen and oxygen atoms in total. The number of benzene rings is 2. The summed E-state index contributed by atoms with van der Waals surface area (Å²) in [6.45, 7) is 0. The van der Waals surface area contributed by atoms with E-state index in [4.69, 9.17) is 4.42 Å². The van der Waals surface area contributed by atoms with E-state index in [1.807, 2.05) is 48.5 Å². The quantitative estimate of drug-likeness (QED) is 0.656. The first kappa shape index (κ1) is 18.8. The molecule has 1 unspecified atom stereocenters. The van der Waals surface area contributed by atoms with Crippen LogP contribution in [0.2, 0.25) is 0 Å². The van der Waals surface area contributed by atoms with E-state index in [9.17, 15) is 13.2 Å². The smallest absolute Gasteiger partial charge is 0.317 e. The van der Waals surface area contributed by atoms with Crippen molar-refractivity contribution < 1.29 is 17.6 Å². The first-order valence-electron chi connectivity index (χ1n) is 8.69. The standard InChI is InChI=1S/C19H17N5O4S/c1-29(26,27)11-15-23-24-19(28-15)22-17-18(25)20-14-10-6-5-9-13(14)16(21-17)12-7-3-2-4-8-12/h2-10,17H,11H2,1H3,(H,20,25)(H,22,24). The third-order valence-corrected chi connectivity index (χ3v) is 4.88. The molecule has 0 bridgehead atoms. The van der Waals surface area contributed by atoms with Crippen LogP contribution >= 0.6 is 0 Å². The van der Waals surface area contributed by atoms with Crippen LogP contribution in [-0.4, -0.2) is 42.7 Å². The molecule has 1 aromatic heterocycles. The van der Waals surface area contributed by atoms with Gasteiger partial charge in [0, 0.05) is 17.4 Å². The van der Waals surface area contributed by atoms with Crippen molar-refractivity contribution in [2.45, 2.75) is 11.9 Å². The lowest BCUT2D eigenvalue weighted by atomic mass is 10.0. The summed E-state index contributed by atoms with van der Waals surface area (Å²) in [7, 11) is -3.33. The van der Waals surface area contributed by atoms with Crippen molar-refractivity contribution in [3.8, 4) is 0 Å². The predicted octanol–water partition coefficient (Wildman–Crippen LogP) is 1.84. The van der Waals surface area contributed by atoms with E-state index in [1.165, 1.54) is 0 Å². The largest absolute Gasteiger partial charge is 0.407 e. The number of sulfone groups is 1. The molecule has 2 N–H and O–H groups in total. The van der Waals surface area contributed by atoms with Gasteiger partial charge >= 0.3 is 6.01 Å². The molecule has 0 saturated carbocycles. The van der Waals surface area contributed by atoms with E-state index in [1.54, 1.807) is 6.07 Å². The summed E-state index contributed by atoms with van der Waals surface area (Å²) < 4.78 is 28.1. The third-order valence-electron chi connectivity index (χ3n) is 4.11. The van der Waals surface area contributed by atoms with Crippen LogP contribution in [0.4, 0.5) is 11.7 Å². The lowest BCUT2D eigenvalue weighted by molar-refractivity contribution is -0.116. The van der Waals surface area contributed by atoms with Gasteiger partial charge in [-0.05, 0) is 6.07 Å². The Balaban J connectivity index is 1.70. The lowest BCUT2D eigenvalue weighted by Crippen LogP contribution is -2.32. The second-order valence-electron chi connectivity index (χ2n) is 6.50. The molecule has 0 aliphatic carbocycles. The SMILES string of the molecule is CS(=O)(=O)Cc1nnc(NC2N=C(c3ccccc3)c3ccccc3NC2=O)o1. The molecule has 0 fully saturated rings. The van der Waals surface area contributed by atoms with E-state index in [0.29, 0.717) is 11.4 Å². The fourth-order valence-electron chi connectivity index (χ4n) is 2.89. The first-order chi connectivity index (χ1) is 13.9. The molecule has 1 atom stereocenters. The first-order valence-corrected chi connectivity index (χ1v) is 10.8. The third kappa shape index (κ3) is 4.32. The molecule has 2 heterocycles. The molecule has 1 aliphatic rings. The Bertz CT molecular complexity index is 1190. The minimum Gasteiger partial charge on any atom is -0.407 e. The summed E-state index contributed by atoms with van der Waals surface area (Å²) in [5.41, 5.74) is 2.87. The molecule has 148 valence electrons. The molecule has 1 amide bonds.